The molecule has 190 valence electrons. The number of halogens is 3. The van der Waals surface area contributed by atoms with E-state index < -0.39 is 23.5 Å². The highest BCUT2D eigenvalue weighted by atomic mass is 19.4. The normalized spacial score (nSPS) is 15.7. The summed E-state index contributed by atoms with van der Waals surface area (Å²) >= 11 is 0. The van der Waals surface area contributed by atoms with Crippen LogP contribution in [0.5, 0.6) is 0 Å². The Morgan fingerprint density at radius 1 is 1.17 bits per heavy atom. The van der Waals surface area contributed by atoms with Gasteiger partial charge in [-0.3, -0.25) is 4.79 Å². The van der Waals surface area contributed by atoms with Crippen molar-refractivity contribution < 1.29 is 31.9 Å². The Kier molecular flexibility index (Phi) is 7.13. The zero-order valence-corrected chi connectivity index (χ0v) is 19.5. The van der Waals surface area contributed by atoms with E-state index in [1.807, 2.05) is 0 Å². The van der Waals surface area contributed by atoms with Crippen LogP contribution in [-0.4, -0.2) is 52.1 Å². The number of oxazole rings is 1. The van der Waals surface area contributed by atoms with Gasteiger partial charge in [0.2, 0.25) is 11.7 Å². The average molecular weight is 503 g/mol. The maximum Gasteiger partial charge on any atom is 0.452 e. The minimum atomic E-state index is -4.91. The number of nitrogens with one attached hydrogen (secondary N) is 2. The summed E-state index contributed by atoms with van der Waals surface area (Å²) in [6.07, 6.45) is -3.48. The van der Waals surface area contributed by atoms with Crippen molar-refractivity contribution in [1.82, 2.24) is 14.9 Å². The number of carbonyl (C=O) groups is 2. The van der Waals surface area contributed by atoms with Crippen LogP contribution in [0.1, 0.15) is 36.5 Å². The molecule has 3 aromatic rings. The van der Waals surface area contributed by atoms with Crippen LogP contribution in [0.4, 0.5) is 29.5 Å². The monoisotopic (exact) mass is 503 g/mol. The molecule has 4 rings (SSSR count). The number of nitrogens with zero attached hydrogens (tertiary/aromatic N) is 3. The lowest BCUT2D eigenvalue weighted by Crippen LogP contribution is -2.33. The lowest BCUT2D eigenvalue weighted by Gasteiger charge is -2.18. The van der Waals surface area contributed by atoms with Gasteiger partial charge in [-0.15, -0.1) is 0 Å². The largest absolute Gasteiger partial charge is 0.452 e. The third-order valence-corrected chi connectivity index (χ3v) is 5.28. The van der Waals surface area contributed by atoms with E-state index >= 15 is 0 Å². The summed E-state index contributed by atoms with van der Waals surface area (Å²) in [5, 5.41) is 5.57. The molecule has 2 amide bonds. The second kappa shape index (κ2) is 10.3. The van der Waals surface area contributed by atoms with Gasteiger partial charge in [0.1, 0.15) is 5.82 Å². The minimum absolute atomic E-state index is 0.0430. The molecule has 12 heteroatoms. The van der Waals surface area contributed by atoms with Gasteiger partial charge in [-0.25, -0.2) is 14.8 Å². The van der Waals surface area contributed by atoms with Gasteiger partial charge in [-0.2, -0.15) is 13.2 Å². The van der Waals surface area contributed by atoms with Crippen LogP contribution in [-0.2, 0) is 10.9 Å². The standard InChI is InChI=1S/C24H24F3N5O4/c1-14(2)35-23(34)32-11-10-17(13-32)29-18-9-8-16(12-28-18)30-21(33)19-20(24(25,26)27)36-22(31-19)15-6-4-3-5-7-15/h3-9,12,14,17H,10-11,13H2,1-2H3,(H,28,29)(H,30,33). The predicted molar refractivity (Wildman–Crippen MR) is 124 cm³/mol. The van der Waals surface area contributed by atoms with Gasteiger partial charge in [-0.05, 0) is 44.5 Å². The molecule has 1 aromatic carbocycles. The van der Waals surface area contributed by atoms with E-state index in [1.54, 1.807) is 43.0 Å². The second-order valence-electron chi connectivity index (χ2n) is 8.46. The fraction of sp³-hybridized carbons (Fsp3) is 0.333. The van der Waals surface area contributed by atoms with Crippen LogP contribution in [0.15, 0.2) is 53.1 Å². The van der Waals surface area contributed by atoms with E-state index in [4.69, 9.17) is 9.15 Å². The van der Waals surface area contributed by atoms with E-state index in [-0.39, 0.29) is 29.8 Å². The summed E-state index contributed by atoms with van der Waals surface area (Å²) in [6.45, 7) is 4.55. The number of benzene rings is 1. The van der Waals surface area contributed by atoms with Crippen molar-refractivity contribution in [3.8, 4) is 11.5 Å². The van der Waals surface area contributed by atoms with Crippen molar-refractivity contribution in [2.75, 3.05) is 23.7 Å². The van der Waals surface area contributed by atoms with Gasteiger partial charge in [0.15, 0.2) is 5.69 Å². The summed E-state index contributed by atoms with van der Waals surface area (Å²) in [5.41, 5.74) is -0.388. The molecular weight excluding hydrogens is 479 g/mol. The quantitative estimate of drug-likeness (QED) is 0.485. The minimum Gasteiger partial charge on any atom is -0.447 e. The Morgan fingerprint density at radius 2 is 1.92 bits per heavy atom. The van der Waals surface area contributed by atoms with Gasteiger partial charge in [0.05, 0.1) is 18.0 Å². The molecule has 0 bridgehead atoms. The Hall–Kier alpha value is -4.09. The lowest BCUT2D eigenvalue weighted by molar-refractivity contribution is -0.153. The zero-order valence-electron chi connectivity index (χ0n) is 19.5. The summed E-state index contributed by atoms with van der Waals surface area (Å²) in [7, 11) is 0. The van der Waals surface area contributed by atoms with Crippen LogP contribution >= 0.6 is 0 Å². The first-order valence-electron chi connectivity index (χ1n) is 11.2. The van der Waals surface area contributed by atoms with E-state index in [1.165, 1.54) is 24.4 Å². The molecule has 1 atom stereocenters. The molecule has 9 nitrogen and oxygen atoms in total. The van der Waals surface area contributed by atoms with Crippen molar-refractivity contribution in [2.45, 2.75) is 38.6 Å². The van der Waals surface area contributed by atoms with Crippen LogP contribution in [0.25, 0.3) is 11.5 Å². The third-order valence-electron chi connectivity index (χ3n) is 5.28. The maximum absolute atomic E-state index is 13.5. The number of hydrogen-bond acceptors (Lipinski definition) is 7. The molecule has 1 saturated heterocycles. The molecule has 0 radical (unpaired) electrons. The van der Waals surface area contributed by atoms with Crippen LogP contribution < -0.4 is 10.6 Å². The molecule has 0 aliphatic carbocycles. The van der Waals surface area contributed by atoms with Crippen LogP contribution in [0.2, 0.25) is 0 Å². The average Bonchev–Trinajstić information content (AvgIpc) is 3.48. The molecular formula is C24H24F3N5O4. The molecule has 0 saturated carbocycles. The number of amides is 2. The Bertz CT molecular complexity index is 1210. The highest BCUT2D eigenvalue weighted by molar-refractivity contribution is 6.04. The summed E-state index contributed by atoms with van der Waals surface area (Å²) in [6, 6.07) is 11.0. The predicted octanol–water partition coefficient (Wildman–Crippen LogP) is 5.04. The molecule has 0 spiro atoms. The topological polar surface area (TPSA) is 110 Å². The number of likely N-dealkylation sites (tertiary alicyclic amines) is 1. The van der Waals surface area contributed by atoms with Gasteiger partial charge in [0, 0.05) is 24.7 Å². The summed E-state index contributed by atoms with van der Waals surface area (Å²) in [4.78, 5) is 34.3. The number of aromatic nitrogens is 2. The smallest absolute Gasteiger partial charge is 0.447 e. The molecule has 2 N–H and O–H groups in total. The molecule has 1 aliphatic rings. The number of ether oxygens (including phenoxy) is 1. The number of rotatable bonds is 6. The zero-order chi connectivity index (χ0) is 25.9. The number of anilines is 2. The molecule has 1 unspecified atom stereocenters. The first-order chi connectivity index (χ1) is 17.1. The SMILES string of the molecule is CC(C)OC(=O)N1CCC(Nc2ccc(NC(=O)c3nc(-c4ccccc4)oc3C(F)(F)F)cn2)C1. The molecule has 1 aliphatic heterocycles. The molecule has 3 heterocycles. The maximum atomic E-state index is 13.5. The number of carbonyl (C=O) groups excluding carboxylic acids is 2. The Labute approximate surface area is 204 Å². The first kappa shape index (κ1) is 25.0. The van der Waals surface area contributed by atoms with E-state index in [2.05, 4.69) is 20.6 Å². The van der Waals surface area contributed by atoms with Crippen molar-refractivity contribution in [3.63, 3.8) is 0 Å². The highest BCUT2D eigenvalue weighted by Crippen LogP contribution is 2.35. The van der Waals surface area contributed by atoms with Gasteiger partial charge in [-0.1, -0.05) is 18.2 Å². The number of pyridine rings is 1. The number of alkyl halides is 3. The van der Waals surface area contributed by atoms with Gasteiger partial charge >= 0.3 is 12.3 Å². The van der Waals surface area contributed by atoms with Crippen molar-refractivity contribution in [3.05, 3.63) is 60.1 Å². The number of hydrogen-bond donors (Lipinski definition) is 2. The van der Waals surface area contributed by atoms with Gasteiger partial charge in [0.25, 0.3) is 5.91 Å². The van der Waals surface area contributed by atoms with Crippen LogP contribution in [0.3, 0.4) is 0 Å². The van der Waals surface area contributed by atoms with Crippen molar-refractivity contribution >= 4 is 23.5 Å². The van der Waals surface area contributed by atoms with E-state index in [0.717, 1.165) is 0 Å². The highest BCUT2D eigenvalue weighted by Gasteiger charge is 2.42. The first-order valence-corrected chi connectivity index (χ1v) is 11.2. The second-order valence-corrected chi connectivity index (χ2v) is 8.46. The van der Waals surface area contributed by atoms with Gasteiger partial charge < -0.3 is 24.7 Å². The molecule has 1 fully saturated rings. The molecule has 36 heavy (non-hydrogen) atoms. The fourth-order valence-electron chi connectivity index (χ4n) is 3.64. The third kappa shape index (κ3) is 5.93. The van der Waals surface area contributed by atoms with E-state index in [0.29, 0.717) is 30.9 Å². The Balaban J connectivity index is 1.41. The van der Waals surface area contributed by atoms with E-state index in [9.17, 15) is 22.8 Å². The fourth-order valence-corrected chi connectivity index (χ4v) is 3.64. The summed E-state index contributed by atoms with van der Waals surface area (Å²) < 4.78 is 50.6. The Morgan fingerprint density at radius 3 is 2.56 bits per heavy atom. The van der Waals surface area contributed by atoms with Crippen molar-refractivity contribution in [2.24, 2.45) is 0 Å². The summed E-state index contributed by atoms with van der Waals surface area (Å²) in [5.74, 6) is -2.38. The van der Waals surface area contributed by atoms with Crippen LogP contribution in [0, 0.1) is 0 Å². The van der Waals surface area contributed by atoms with Crippen molar-refractivity contribution in [1.29, 1.82) is 0 Å². The lowest BCUT2D eigenvalue weighted by atomic mass is 10.2. The molecule has 2 aromatic heterocycles.